The molecule has 0 fully saturated rings. The van der Waals surface area contributed by atoms with E-state index < -0.39 is 0 Å². The second-order valence-electron chi connectivity index (χ2n) is 3.17. The van der Waals surface area contributed by atoms with E-state index >= 15 is 0 Å². The Morgan fingerprint density at radius 3 is 2.59 bits per heavy atom. The molecular weight excluding hydrogens is 416 g/mol. The molecule has 4 nitrogen and oxygen atoms in total. The van der Waals surface area contributed by atoms with Crippen LogP contribution in [0.5, 0.6) is 0 Å². The third-order valence-electron chi connectivity index (χ3n) is 2.00. The third-order valence-corrected chi connectivity index (χ3v) is 3.93. The highest BCUT2D eigenvalue weighted by Gasteiger charge is 2.08. The van der Waals surface area contributed by atoms with Gasteiger partial charge in [-0.15, -0.1) is 0 Å². The van der Waals surface area contributed by atoms with Crippen molar-refractivity contribution >= 4 is 65.1 Å². The fourth-order valence-electron chi connectivity index (χ4n) is 1.19. The van der Waals surface area contributed by atoms with E-state index in [0.29, 0.717) is 16.1 Å². The number of aromatic nitrogens is 2. The molecule has 0 radical (unpaired) electrons. The zero-order valence-corrected chi connectivity index (χ0v) is 13.2. The van der Waals surface area contributed by atoms with Crippen LogP contribution in [-0.2, 0) is 0 Å². The van der Waals surface area contributed by atoms with E-state index in [1.807, 2.05) is 18.2 Å². The first-order chi connectivity index (χ1) is 8.08. The Morgan fingerprint density at radius 2 is 1.88 bits per heavy atom. The van der Waals surface area contributed by atoms with Crippen LogP contribution in [-0.4, -0.2) is 9.97 Å². The highest BCUT2D eigenvalue weighted by Crippen LogP contribution is 2.32. The van der Waals surface area contributed by atoms with E-state index in [0.717, 1.165) is 14.6 Å². The number of anilines is 3. The van der Waals surface area contributed by atoms with E-state index in [1.165, 1.54) is 6.33 Å². The molecular formula is C10H7Br3N4. The summed E-state index contributed by atoms with van der Waals surface area (Å²) in [6.07, 6.45) is 1.41. The van der Waals surface area contributed by atoms with E-state index in [-0.39, 0.29) is 0 Å². The zero-order chi connectivity index (χ0) is 12.4. The Labute approximate surface area is 123 Å². The van der Waals surface area contributed by atoms with Gasteiger partial charge in [0.1, 0.15) is 22.4 Å². The second-order valence-corrected chi connectivity index (χ2v) is 5.73. The molecule has 0 amide bonds. The highest BCUT2D eigenvalue weighted by molar-refractivity contribution is 9.11. The maximum absolute atomic E-state index is 5.68. The van der Waals surface area contributed by atoms with Gasteiger partial charge in [-0.05, 0) is 50.1 Å². The lowest BCUT2D eigenvalue weighted by Gasteiger charge is -2.10. The molecule has 3 N–H and O–H groups in total. The molecule has 1 aromatic carbocycles. The van der Waals surface area contributed by atoms with Gasteiger partial charge in [0.25, 0.3) is 0 Å². The van der Waals surface area contributed by atoms with Gasteiger partial charge in [-0.1, -0.05) is 15.9 Å². The highest BCUT2D eigenvalue weighted by atomic mass is 79.9. The first-order valence-corrected chi connectivity index (χ1v) is 6.94. The summed E-state index contributed by atoms with van der Waals surface area (Å²) in [4.78, 5) is 7.99. The molecule has 0 saturated carbocycles. The predicted molar refractivity (Wildman–Crippen MR) is 79.3 cm³/mol. The molecule has 1 aromatic heterocycles. The monoisotopic (exact) mass is 420 g/mol. The normalized spacial score (nSPS) is 10.3. The number of halogens is 3. The van der Waals surface area contributed by atoms with Crippen molar-refractivity contribution in [1.29, 1.82) is 0 Å². The predicted octanol–water partition coefficient (Wildman–Crippen LogP) is 4.09. The van der Waals surface area contributed by atoms with Crippen molar-refractivity contribution in [1.82, 2.24) is 9.97 Å². The molecule has 0 bridgehead atoms. The molecule has 0 aliphatic rings. The summed E-state index contributed by atoms with van der Waals surface area (Å²) in [5.41, 5.74) is 6.57. The summed E-state index contributed by atoms with van der Waals surface area (Å²) < 4.78 is 2.57. The molecule has 7 heteroatoms. The van der Waals surface area contributed by atoms with Crippen LogP contribution in [0.1, 0.15) is 0 Å². The minimum atomic E-state index is 0.399. The van der Waals surface area contributed by atoms with Crippen molar-refractivity contribution in [3.63, 3.8) is 0 Å². The van der Waals surface area contributed by atoms with Crippen LogP contribution < -0.4 is 11.1 Å². The van der Waals surface area contributed by atoms with Crippen molar-refractivity contribution in [3.8, 4) is 0 Å². The molecule has 2 rings (SSSR count). The maximum Gasteiger partial charge on any atom is 0.150 e. The summed E-state index contributed by atoms with van der Waals surface area (Å²) in [7, 11) is 0. The number of nitrogen functional groups attached to an aromatic ring is 1. The molecule has 88 valence electrons. The Kier molecular flexibility index (Phi) is 4.01. The van der Waals surface area contributed by atoms with Crippen LogP contribution in [0.15, 0.2) is 37.9 Å². The summed E-state index contributed by atoms with van der Waals surface area (Å²) in [6.45, 7) is 0. The fraction of sp³-hybridized carbons (Fsp3) is 0. The minimum Gasteiger partial charge on any atom is -0.383 e. The van der Waals surface area contributed by atoms with Crippen LogP contribution >= 0.6 is 47.8 Å². The summed E-state index contributed by atoms with van der Waals surface area (Å²) in [5, 5.41) is 3.16. The van der Waals surface area contributed by atoms with Crippen molar-refractivity contribution in [3.05, 3.63) is 37.9 Å². The first kappa shape index (κ1) is 12.8. The van der Waals surface area contributed by atoms with Crippen molar-refractivity contribution in [2.45, 2.75) is 0 Å². The Bertz CT molecular complexity index is 559. The van der Waals surface area contributed by atoms with Gasteiger partial charge in [-0.3, -0.25) is 0 Å². The SMILES string of the molecule is Nc1ncnc(Nc2ccc(Br)cc2Br)c1Br. The largest absolute Gasteiger partial charge is 0.383 e. The van der Waals surface area contributed by atoms with Crippen LogP contribution in [0.4, 0.5) is 17.3 Å². The summed E-state index contributed by atoms with van der Waals surface area (Å²) in [6, 6.07) is 5.81. The van der Waals surface area contributed by atoms with Crippen molar-refractivity contribution in [2.24, 2.45) is 0 Å². The van der Waals surface area contributed by atoms with Gasteiger partial charge >= 0.3 is 0 Å². The summed E-state index contributed by atoms with van der Waals surface area (Å²) in [5.74, 6) is 1.02. The lowest BCUT2D eigenvalue weighted by atomic mass is 10.3. The molecule has 0 aliphatic carbocycles. The smallest absolute Gasteiger partial charge is 0.150 e. The number of nitrogens with two attached hydrogens (primary N) is 1. The average molecular weight is 423 g/mol. The van der Waals surface area contributed by atoms with E-state index in [1.54, 1.807) is 0 Å². The van der Waals surface area contributed by atoms with Gasteiger partial charge in [0.15, 0.2) is 0 Å². The van der Waals surface area contributed by atoms with E-state index in [2.05, 4.69) is 63.1 Å². The van der Waals surface area contributed by atoms with E-state index in [4.69, 9.17) is 5.73 Å². The second kappa shape index (κ2) is 5.32. The van der Waals surface area contributed by atoms with Gasteiger partial charge < -0.3 is 11.1 Å². The number of hydrogen-bond donors (Lipinski definition) is 2. The zero-order valence-electron chi connectivity index (χ0n) is 8.42. The Morgan fingerprint density at radius 1 is 1.12 bits per heavy atom. The number of hydrogen-bond acceptors (Lipinski definition) is 4. The van der Waals surface area contributed by atoms with Gasteiger partial charge in [-0.2, -0.15) is 0 Å². The molecule has 0 atom stereocenters. The van der Waals surface area contributed by atoms with Gasteiger partial charge in [0.2, 0.25) is 0 Å². The van der Waals surface area contributed by atoms with Crippen LogP contribution in [0.2, 0.25) is 0 Å². The minimum absolute atomic E-state index is 0.399. The molecule has 0 aliphatic heterocycles. The Hall–Kier alpha value is -0.660. The quantitative estimate of drug-likeness (QED) is 0.765. The average Bonchev–Trinajstić information content (AvgIpc) is 2.28. The fourth-order valence-corrected chi connectivity index (χ4v) is 2.64. The van der Waals surface area contributed by atoms with Crippen molar-refractivity contribution in [2.75, 3.05) is 11.1 Å². The third kappa shape index (κ3) is 2.97. The molecule has 17 heavy (non-hydrogen) atoms. The number of nitrogens with zero attached hydrogens (tertiary/aromatic N) is 2. The van der Waals surface area contributed by atoms with Crippen LogP contribution in [0, 0.1) is 0 Å². The molecule has 0 spiro atoms. The van der Waals surface area contributed by atoms with Gasteiger partial charge in [0.05, 0.1) is 5.69 Å². The van der Waals surface area contributed by atoms with Gasteiger partial charge in [-0.25, -0.2) is 9.97 Å². The molecule has 1 heterocycles. The first-order valence-electron chi connectivity index (χ1n) is 4.56. The van der Waals surface area contributed by atoms with Crippen molar-refractivity contribution < 1.29 is 0 Å². The number of nitrogens with one attached hydrogen (secondary N) is 1. The molecule has 2 aromatic rings. The van der Waals surface area contributed by atoms with Crippen LogP contribution in [0.25, 0.3) is 0 Å². The lowest BCUT2D eigenvalue weighted by molar-refractivity contribution is 1.16. The van der Waals surface area contributed by atoms with Gasteiger partial charge in [0, 0.05) is 8.95 Å². The maximum atomic E-state index is 5.68. The topological polar surface area (TPSA) is 63.8 Å². The standard InChI is InChI=1S/C10H7Br3N4/c11-5-1-2-7(6(12)3-5)17-10-8(13)9(14)15-4-16-10/h1-4H,(H3,14,15,16,17). The number of rotatable bonds is 2. The molecule has 0 saturated heterocycles. The van der Waals surface area contributed by atoms with E-state index in [9.17, 15) is 0 Å². The summed E-state index contributed by atoms with van der Waals surface area (Å²) >= 11 is 10.2. The number of benzene rings is 1. The lowest BCUT2D eigenvalue weighted by Crippen LogP contribution is -2.00. The van der Waals surface area contributed by atoms with Crippen LogP contribution in [0.3, 0.4) is 0 Å². The Balaban J connectivity index is 2.35. The molecule has 0 unspecified atom stereocenters.